The highest BCUT2D eigenvalue weighted by Gasteiger charge is 2.03. The van der Waals surface area contributed by atoms with Crippen molar-refractivity contribution in [3.63, 3.8) is 0 Å². The first-order valence-corrected chi connectivity index (χ1v) is 6.31. The Labute approximate surface area is 114 Å². The molecule has 18 heavy (non-hydrogen) atoms. The lowest BCUT2D eigenvalue weighted by Crippen LogP contribution is -2.01. The topological polar surface area (TPSA) is 21.3 Å². The fraction of sp³-hybridized carbons (Fsp3) is 0.143. The molecule has 0 fully saturated rings. The van der Waals surface area contributed by atoms with E-state index in [1.54, 1.807) is 19.2 Å². The average molecular weight is 310 g/mol. The van der Waals surface area contributed by atoms with E-state index in [2.05, 4.69) is 21.2 Å². The lowest BCUT2D eigenvalue weighted by molar-refractivity contribution is 0.412. The molecular weight excluding hydrogens is 297 g/mol. The highest BCUT2D eigenvalue weighted by Crippen LogP contribution is 2.27. The average Bonchev–Trinajstić information content (AvgIpc) is 2.38. The van der Waals surface area contributed by atoms with Crippen LogP contribution in [0.25, 0.3) is 0 Å². The number of halogens is 2. The first kappa shape index (κ1) is 12.9. The van der Waals surface area contributed by atoms with Gasteiger partial charge in [0, 0.05) is 17.8 Å². The SMILES string of the molecule is COc1ccc(NCc2ccccc2F)cc1Br. The molecule has 0 aromatic heterocycles. The van der Waals surface area contributed by atoms with Gasteiger partial charge >= 0.3 is 0 Å². The summed E-state index contributed by atoms with van der Waals surface area (Å²) in [5.41, 5.74) is 1.55. The number of hydrogen-bond donors (Lipinski definition) is 1. The third-order valence-corrected chi connectivity index (χ3v) is 3.21. The Morgan fingerprint density at radius 3 is 2.67 bits per heavy atom. The van der Waals surface area contributed by atoms with Crippen LogP contribution in [-0.4, -0.2) is 7.11 Å². The molecule has 2 nitrogen and oxygen atoms in total. The monoisotopic (exact) mass is 309 g/mol. The summed E-state index contributed by atoms with van der Waals surface area (Å²) in [6.07, 6.45) is 0. The molecule has 4 heteroatoms. The first-order chi connectivity index (χ1) is 8.70. The number of rotatable bonds is 4. The van der Waals surface area contributed by atoms with E-state index in [0.717, 1.165) is 15.9 Å². The standard InChI is InChI=1S/C14H13BrFNO/c1-18-14-7-6-11(8-12(14)15)17-9-10-4-2-3-5-13(10)16/h2-8,17H,9H2,1H3. The minimum absolute atomic E-state index is 0.197. The Balaban J connectivity index is 2.07. The van der Waals surface area contributed by atoms with Gasteiger partial charge in [-0.25, -0.2) is 4.39 Å². The molecular formula is C14H13BrFNO. The van der Waals surface area contributed by atoms with Crippen LogP contribution < -0.4 is 10.1 Å². The third kappa shape index (κ3) is 3.01. The summed E-state index contributed by atoms with van der Waals surface area (Å²) in [6, 6.07) is 12.4. The van der Waals surface area contributed by atoms with Gasteiger partial charge in [0.05, 0.1) is 11.6 Å². The molecule has 0 radical (unpaired) electrons. The molecule has 0 aliphatic carbocycles. The van der Waals surface area contributed by atoms with Gasteiger partial charge < -0.3 is 10.1 Å². The number of methoxy groups -OCH3 is 1. The largest absolute Gasteiger partial charge is 0.496 e. The molecule has 0 aliphatic heterocycles. The van der Waals surface area contributed by atoms with E-state index in [1.165, 1.54) is 6.07 Å². The smallest absolute Gasteiger partial charge is 0.133 e. The van der Waals surface area contributed by atoms with Crippen LogP contribution in [0.5, 0.6) is 5.75 Å². The van der Waals surface area contributed by atoms with Gasteiger partial charge in [-0.3, -0.25) is 0 Å². The molecule has 0 heterocycles. The molecule has 0 spiro atoms. The highest BCUT2D eigenvalue weighted by molar-refractivity contribution is 9.10. The van der Waals surface area contributed by atoms with Crippen molar-refractivity contribution in [2.45, 2.75) is 6.54 Å². The van der Waals surface area contributed by atoms with Crippen molar-refractivity contribution in [2.75, 3.05) is 12.4 Å². The predicted molar refractivity (Wildman–Crippen MR) is 74.4 cm³/mol. The second kappa shape index (κ2) is 5.87. The van der Waals surface area contributed by atoms with Gasteiger partial charge in [0.25, 0.3) is 0 Å². The van der Waals surface area contributed by atoms with Crippen LogP contribution in [0, 0.1) is 5.82 Å². The Hall–Kier alpha value is -1.55. The van der Waals surface area contributed by atoms with Gasteiger partial charge in [-0.1, -0.05) is 18.2 Å². The number of hydrogen-bond acceptors (Lipinski definition) is 2. The lowest BCUT2D eigenvalue weighted by atomic mass is 10.2. The molecule has 94 valence electrons. The van der Waals surface area contributed by atoms with E-state index in [1.807, 2.05) is 24.3 Å². The Morgan fingerprint density at radius 2 is 2.00 bits per heavy atom. The Morgan fingerprint density at radius 1 is 1.22 bits per heavy atom. The van der Waals surface area contributed by atoms with Gasteiger partial charge in [0.1, 0.15) is 11.6 Å². The van der Waals surface area contributed by atoms with Crippen molar-refractivity contribution in [1.82, 2.24) is 0 Å². The van der Waals surface area contributed by atoms with Crippen molar-refractivity contribution in [3.8, 4) is 5.75 Å². The summed E-state index contributed by atoms with van der Waals surface area (Å²) in [4.78, 5) is 0. The van der Waals surface area contributed by atoms with Crippen LogP contribution in [0.3, 0.4) is 0 Å². The van der Waals surface area contributed by atoms with Gasteiger partial charge in [-0.2, -0.15) is 0 Å². The van der Waals surface area contributed by atoms with Crippen molar-refractivity contribution < 1.29 is 9.13 Å². The third-order valence-electron chi connectivity index (χ3n) is 2.59. The normalized spacial score (nSPS) is 10.2. The number of ether oxygens (including phenoxy) is 1. The lowest BCUT2D eigenvalue weighted by Gasteiger charge is -2.09. The van der Waals surface area contributed by atoms with Gasteiger partial charge in [0.15, 0.2) is 0 Å². The maximum absolute atomic E-state index is 13.4. The van der Waals surface area contributed by atoms with E-state index >= 15 is 0 Å². The Bertz CT molecular complexity index is 545. The summed E-state index contributed by atoms with van der Waals surface area (Å²) >= 11 is 3.41. The molecule has 0 bridgehead atoms. The van der Waals surface area contributed by atoms with E-state index < -0.39 is 0 Å². The molecule has 2 aromatic rings. The van der Waals surface area contributed by atoms with Crippen LogP contribution in [-0.2, 0) is 6.54 Å². The Kier molecular flexibility index (Phi) is 4.20. The van der Waals surface area contributed by atoms with E-state index in [-0.39, 0.29) is 5.82 Å². The van der Waals surface area contributed by atoms with Crippen molar-refractivity contribution in [2.24, 2.45) is 0 Å². The maximum atomic E-state index is 13.4. The number of benzene rings is 2. The molecule has 2 aromatic carbocycles. The predicted octanol–water partition coefficient (Wildman–Crippen LogP) is 4.21. The molecule has 0 atom stereocenters. The van der Waals surface area contributed by atoms with Crippen LogP contribution in [0.4, 0.5) is 10.1 Å². The molecule has 2 rings (SSSR count). The number of nitrogens with one attached hydrogen (secondary N) is 1. The fourth-order valence-corrected chi connectivity index (χ4v) is 2.16. The minimum atomic E-state index is -0.197. The molecule has 0 saturated carbocycles. The maximum Gasteiger partial charge on any atom is 0.133 e. The molecule has 0 saturated heterocycles. The number of anilines is 1. The summed E-state index contributed by atoms with van der Waals surface area (Å²) in [5, 5.41) is 3.17. The molecule has 0 aliphatic rings. The molecule has 0 amide bonds. The van der Waals surface area contributed by atoms with Gasteiger partial charge in [0.2, 0.25) is 0 Å². The fourth-order valence-electron chi connectivity index (χ4n) is 1.62. The zero-order valence-electron chi connectivity index (χ0n) is 9.91. The zero-order chi connectivity index (χ0) is 13.0. The van der Waals surface area contributed by atoms with Crippen LogP contribution in [0.15, 0.2) is 46.9 Å². The van der Waals surface area contributed by atoms with Gasteiger partial charge in [-0.15, -0.1) is 0 Å². The summed E-state index contributed by atoms with van der Waals surface area (Å²) in [6.45, 7) is 0.450. The highest BCUT2D eigenvalue weighted by atomic mass is 79.9. The van der Waals surface area contributed by atoms with E-state index in [4.69, 9.17) is 4.74 Å². The van der Waals surface area contributed by atoms with Crippen molar-refractivity contribution >= 4 is 21.6 Å². The van der Waals surface area contributed by atoms with Gasteiger partial charge in [-0.05, 0) is 40.2 Å². The zero-order valence-corrected chi connectivity index (χ0v) is 11.5. The van der Waals surface area contributed by atoms with Crippen LogP contribution in [0.1, 0.15) is 5.56 Å². The van der Waals surface area contributed by atoms with Crippen LogP contribution in [0.2, 0.25) is 0 Å². The van der Waals surface area contributed by atoms with E-state index in [0.29, 0.717) is 12.1 Å². The van der Waals surface area contributed by atoms with Crippen molar-refractivity contribution in [1.29, 1.82) is 0 Å². The minimum Gasteiger partial charge on any atom is -0.496 e. The summed E-state index contributed by atoms with van der Waals surface area (Å²) < 4.78 is 19.4. The second-order valence-electron chi connectivity index (χ2n) is 3.79. The molecule has 0 unspecified atom stereocenters. The summed E-state index contributed by atoms with van der Waals surface area (Å²) in [7, 11) is 1.62. The first-order valence-electron chi connectivity index (χ1n) is 5.51. The van der Waals surface area contributed by atoms with E-state index in [9.17, 15) is 4.39 Å². The van der Waals surface area contributed by atoms with Crippen molar-refractivity contribution in [3.05, 3.63) is 58.3 Å². The summed E-state index contributed by atoms with van der Waals surface area (Å²) in [5.74, 6) is 0.573. The quantitative estimate of drug-likeness (QED) is 0.913. The second-order valence-corrected chi connectivity index (χ2v) is 4.65. The molecule has 1 N–H and O–H groups in total. The van der Waals surface area contributed by atoms with Crippen LogP contribution >= 0.6 is 15.9 Å².